The van der Waals surface area contributed by atoms with E-state index in [1.165, 1.54) is 12.1 Å². The molecule has 1 aromatic carbocycles. The average molecular weight is 277 g/mol. The van der Waals surface area contributed by atoms with Crippen molar-refractivity contribution < 1.29 is 20.1 Å². The molecule has 108 valence electrons. The molecule has 0 spiro atoms. The molecule has 1 saturated carbocycles. The number of rotatable bonds is 4. The first-order valence-electron chi connectivity index (χ1n) is 6.81. The summed E-state index contributed by atoms with van der Waals surface area (Å²) in [6, 6.07) is 4.38. The second-order valence-electron chi connectivity index (χ2n) is 5.29. The van der Waals surface area contributed by atoms with E-state index >= 15 is 0 Å². The molecule has 0 atom stereocenters. The van der Waals surface area contributed by atoms with Gasteiger partial charge >= 0.3 is 5.97 Å². The van der Waals surface area contributed by atoms with Gasteiger partial charge in [0.2, 0.25) is 0 Å². The predicted molar refractivity (Wildman–Crippen MR) is 75.3 cm³/mol. The summed E-state index contributed by atoms with van der Waals surface area (Å²) in [4.78, 5) is 15.2. The molecule has 0 aromatic heterocycles. The molecular formula is C15H19NO4. The molecule has 20 heavy (non-hydrogen) atoms. The van der Waals surface area contributed by atoms with E-state index in [-0.39, 0.29) is 17.4 Å². The highest BCUT2D eigenvalue weighted by Gasteiger charge is 2.25. The molecule has 1 fully saturated rings. The van der Waals surface area contributed by atoms with E-state index in [4.69, 9.17) is 5.11 Å². The van der Waals surface area contributed by atoms with Crippen LogP contribution in [-0.2, 0) is 4.79 Å². The Morgan fingerprint density at radius 3 is 2.55 bits per heavy atom. The Labute approximate surface area is 117 Å². The molecule has 1 aliphatic rings. The van der Waals surface area contributed by atoms with Crippen LogP contribution in [0, 0.1) is 11.8 Å². The molecule has 0 heterocycles. The fourth-order valence-electron chi connectivity index (χ4n) is 2.53. The minimum Gasteiger partial charge on any atom is -0.508 e. The van der Waals surface area contributed by atoms with E-state index < -0.39 is 5.97 Å². The van der Waals surface area contributed by atoms with Crippen LogP contribution in [0.5, 0.6) is 11.5 Å². The summed E-state index contributed by atoms with van der Waals surface area (Å²) in [5, 5.41) is 27.7. The molecule has 1 aromatic rings. The van der Waals surface area contributed by atoms with Gasteiger partial charge in [0.05, 0.1) is 5.92 Å². The van der Waals surface area contributed by atoms with E-state index in [0.717, 1.165) is 25.7 Å². The van der Waals surface area contributed by atoms with Crippen molar-refractivity contribution in [2.75, 3.05) is 6.54 Å². The van der Waals surface area contributed by atoms with Crippen LogP contribution < -0.4 is 0 Å². The van der Waals surface area contributed by atoms with Gasteiger partial charge in [-0.3, -0.25) is 9.79 Å². The van der Waals surface area contributed by atoms with Gasteiger partial charge in [0.15, 0.2) is 0 Å². The van der Waals surface area contributed by atoms with E-state index in [1.807, 2.05) is 0 Å². The van der Waals surface area contributed by atoms with Gasteiger partial charge in [-0.15, -0.1) is 0 Å². The summed E-state index contributed by atoms with van der Waals surface area (Å²) >= 11 is 0. The van der Waals surface area contributed by atoms with Crippen LogP contribution in [0.4, 0.5) is 0 Å². The zero-order valence-electron chi connectivity index (χ0n) is 11.2. The summed E-state index contributed by atoms with van der Waals surface area (Å²) in [7, 11) is 0. The maximum atomic E-state index is 10.8. The highest BCUT2D eigenvalue weighted by molar-refractivity contribution is 5.83. The van der Waals surface area contributed by atoms with Crippen molar-refractivity contribution in [3.8, 4) is 11.5 Å². The molecule has 5 nitrogen and oxygen atoms in total. The maximum Gasteiger partial charge on any atom is 0.306 e. The SMILES string of the molecule is O=C(O)C1CCC(CN=Cc2ccc(O)cc2O)CC1. The van der Waals surface area contributed by atoms with Crippen molar-refractivity contribution in [2.45, 2.75) is 25.7 Å². The number of hydrogen-bond acceptors (Lipinski definition) is 4. The Balaban J connectivity index is 1.84. The molecular weight excluding hydrogens is 258 g/mol. The van der Waals surface area contributed by atoms with Crippen LogP contribution in [0.2, 0.25) is 0 Å². The summed E-state index contributed by atoms with van der Waals surface area (Å²) in [5.41, 5.74) is 0.571. The van der Waals surface area contributed by atoms with Crippen molar-refractivity contribution in [1.82, 2.24) is 0 Å². The van der Waals surface area contributed by atoms with Crippen molar-refractivity contribution in [2.24, 2.45) is 16.8 Å². The van der Waals surface area contributed by atoms with Crippen molar-refractivity contribution in [3.63, 3.8) is 0 Å². The Bertz CT molecular complexity index is 505. The van der Waals surface area contributed by atoms with Crippen LogP contribution in [0.1, 0.15) is 31.2 Å². The van der Waals surface area contributed by atoms with Gasteiger partial charge in [0, 0.05) is 24.4 Å². The van der Waals surface area contributed by atoms with Gasteiger partial charge in [-0.1, -0.05) is 0 Å². The molecule has 0 unspecified atom stereocenters. The molecule has 3 N–H and O–H groups in total. The number of aliphatic imine (C=N–C) groups is 1. The van der Waals surface area contributed by atoms with E-state index in [9.17, 15) is 15.0 Å². The minimum absolute atomic E-state index is 0.00309. The van der Waals surface area contributed by atoms with Gasteiger partial charge < -0.3 is 15.3 Å². The lowest BCUT2D eigenvalue weighted by Crippen LogP contribution is -2.22. The van der Waals surface area contributed by atoms with Crippen LogP contribution >= 0.6 is 0 Å². The lowest BCUT2D eigenvalue weighted by atomic mass is 9.82. The van der Waals surface area contributed by atoms with Crippen LogP contribution in [0.3, 0.4) is 0 Å². The average Bonchev–Trinajstić information content (AvgIpc) is 2.42. The molecule has 0 radical (unpaired) electrons. The second-order valence-corrected chi connectivity index (χ2v) is 5.29. The number of phenols is 2. The zero-order chi connectivity index (χ0) is 14.5. The highest BCUT2D eigenvalue weighted by atomic mass is 16.4. The Morgan fingerprint density at radius 1 is 1.25 bits per heavy atom. The first kappa shape index (κ1) is 14.4. The number of carboxylic acids is 1. The lowest BCUT2D eigenvalue weighted by molar-refractivity contribution is -0.143. The highest BCUT2D eigenvalue weighted by Crippen LogP contribution is 2.29. The third-order valence-electron chi connectivity index (χ3n) is 3.80. The zero-order valence-corrected chi connectivity index (χ0v) is 11.2. The van der Waals surface area contributed by atoms with Crippen LogP contribution in [0.15, 0.2) is 23.2 Å². The topological polar surface area (TPSA) is 90.1 Å². The van der Waals surface area contributed by atoms with Crippen molar-refractivity contribution >= 4 is 12.2 Å². The van der Waals surface area contributed by atoms with Gasteiger partial charge in [-0.2, -0.15) is 0 Å². The molecule has 0 saturated heterocycles. The monoisotopic (exact) mass is 277 g/mol. The third-order valence-corrected chi connectivity index (χ3v) is 3.80. The van der Waals surface area contributed by atoms with E-state index in [0.29, 0.717) is 18.0 Å². The van der Waals surface area contributed by atoms with Crippen molar-refractivity contribution in [3.05, 3.63) is 23.8 Å². The number of carboxylic acid groups (broad SMARTS) is 1. The van der Waals surface area contributed by atoms with Crippen molar-refractivity contribution in [1.29, 1.82) is 0 Å². The molecule has 0 bridgehead atoms. The Kier molecular flexibility index (Phi) is 4.61. The number of carbonyl (C=O) groups is 1. The second kappa shape index (κ2) is 6.41. The summed E-state index contributed by atoms with van der Waals surface area (Å²) in [6.07, 6.45) is 4.81. The van der Waals surface area contributed by atoms with Gasteiger partial charge in [0.25, 0.3) is 0 Å². The predicted octanol–water partition coefficient (Wildman–Crippen LogP) is 2.41. The number of aromatic hydroxyl groups is 2. The van der Waals surface area contributed by atoms with Crippen LogP contribution in [0.25, 0.3) is 0 Å². The van der Waals surface area contributed by atoms with E-state index in [2.05, 4.69) is 4.99 Å². The minimum atomic E-state index is -0.694. The van der Waals surface area contributed by atoms with Crippen LogP contribution in [-0.4, -0.2) is 34.0 Å². The largest absolute Gasteiger partial charge is 0.508 e. The number of benzene rings is 1. The summed E-state index contributed by atoms with van der Waals surface area (Å²) in [6.45, 7) is 0.645. The molecule has 0 aliphatic heterocycles. The first-order chi connectivity index (χ1) is 9.56. The van der Waals surface area contributed by atoms with Gasteiger partial charge in [-0.25, -0.2) is 0 Å². The fraction of sp³-hybridized carbons (Fsp3) is 0.467. The number of nitrogens with zero attached hydrogens (tertiary/aromatic N) is 1. The Morgan fingerprint density at radius 2 is 1.95 bits per heavy atom. The molecule has 2 rings (SSSR count). The number of aliphatic carboxylic acids is 1. The maximum absolute atomic E-state index is 10.8. The molecule has 5 heteroatoms. The first-order valence-corrected chi connectivity index (χ1v) is 6.81. The third kappa shape index (κ3) is 3.73. The molecule has 0 amide bonds. The fourth-order valence-corrected chi connectivity index (χ4v) is 2.53. The van der Waals surface area contributed by atoms with E-state index in [1.54, 1.807) is 12.3 Å². The number of hydrogen-bond donors (Lipinski definition) is 3. The quantitative estimate of drug-likeness (QED) is 0.737. The van der Waals surface area contributed by atoms with Gasteiger partial charge in [0.1, 0.15) is 11.5 Å². The Hall–Kier alpha value is -2.04. The molecule has 1 aliphatic carbocycles. The summed E-state index contributed by atoms with van der Waals surface area (Å²) in [5.74, 6) is -0.451. The normalized spacial score (nSPS) is 23.0. The van der Waals surface area contributed by atoms with Gasteiger partial charge in [-0.05, 0) is 43.7 Å². The smallest absolute Gasteiger partial charge is 0.306 e. The number of phenolic OH excluding ortho intramolecular Hbond substituents is 2. The standard InChI is InChI=1S/C15H19NO4/c17-13-6-5-12(14(18)7-13)9-16-8-10-1-3-11(4-2-10)15(19)20/h5-7,9-11,17-18H,1-4,8H2,(H,19,20). The summed E-state index contributed by atoms with van der Waals surface area (Å²) < 4.78 is 0. The lowest BCUT2D eigenvalue weighted by Gasteiger charge is -2.24.